The fourth-order valence-electron chi connectivity index (χ4n) is 1.81. The van der Waals surface area contributed by atoms with Crippen molar-refractivity contribution in [2.75, 3.05) is 7.05 Å². The largest absolute Gasteiger partial charge is 0.382 e. The van der Waals surface area contributed by atoms with E-state index in [1.165, 1.54) is 0 Å². The zero-order valence-corrected chi connectivity index (χ0v) is 11.3. The van der Waals surface area contributed by atoms with Gasteiger partial charge in [-0.2, -0.15) is 0 Å². The maximum absolute atomic E-state index is 10.3. The number of hydrogen-bond acceptors (Lipinski definition) is 2. The van der Waals surface area contributed by atoms with Crippen molar-refractivity contribution in [3.63, 3.8) is 0 Å². The second kappa shape index (κ2) is 7.12. The van der Waals surface area contributed by atoms with E-state index in [9.17, 15) is 5.11 Å². The quantitative estimate of drug-likeness (QED) is 0.680. The Morgan fingerprint density at radius 1 is 0.944 bits per heavy atom. The van der Waals surface area contributed by atoms with Gasteiger partial charge in [0.05, 0.1) is 5.71 Å². The van der Waals surface area contributed by atoms with Gasteiger partial charge in [0.25, 0.3) is 0 Å². The molecular weight excluding hydrogens is 265 g/mol. The van der Waals surface area contributed by atoms with E-state index in [1.807, 2.05) is 60.7 Å². The zero-order valence-electron chi connectivity index (χ0n) is 10.1. The van der Waals surface area contributed by atoms with Gasteiger partial charge in [0, 0.05) is 24.1 Å². The normalized spacial score (nSPS) is 12.7. The first-order valence-electron chi connectivity index (χ1n) is 5.58. The first kappa shape index (κ1) is 14.6. The van der Waals surface area contributed by atoms with E-state index in [2.05, 4.69) is 4.99 Å². The van der Waals surface area contributed by atoms with E-state index in [-0.39, 0.29) is 17.1 Å². The van der Waals surface area contributed by atoms with E-state index < -0.39 is 6.10 Å². The number of aliphatic hydroxyl groups is 1. The van der Waals surface area contributed by atoms with E-state index in [0.29, 0.717) is 5.71 Å². The molecule has 93 valence electrons. The van der Waals surface area contributed by atoms with E-state index in [4.69, 9.17) is 0 Å². The number of aliphatic hydroxyl groups excluding tert-OH is 1. The molecule has 2 nitrogen and oxygen atoms in total. The summed E-state index contributed by atoms with van der Waals surface area (Å²) in [5, 5.41) is 10.3. The average Bonchev–Trinajstić information content (AvgIpc) is 2.42. The maximum atomic E-state index is 10.3. The Hall–Kier alpha value is -1.41. The minimum absolute atomic E-state index is 0. The molecule has 1 radical (unpaired) electrons. The maximum Gasteiger partial charge on any atom is 0.121 e. The molecule has 1 N–H and O–H groups in total. The van der Waals surface area contributed by atoms with Gasteiger partial charge in [-0.3, -0.25) is 4.99 Å². The van der Waals surface area contributed by atoms with Crippen LogP contribution < -0.4 is 0 Å². The fraction of sp³-hybridized carbons (Fsp3) is 0.133. The minimum Gasteiger partial charge on any atom is -0.382 e. The van der Waals surface area contributed by atoms with Crippen LogP contribution in [0, 0.1) is 0 Å². The Kier molecular flexibility index (Phi) is 5.79. The Bertz CT molecular complexity index is 496. The van der Waals surface area contributed by atoms with Crippen LogP contribution in [0.1, 0.15) is 17.2 Å². The van der Waals surface area contributed by atoms with Crippen LogP contribution in [0.5, 0.6) is 0 Å². The Labute approximate surface area is 118 Å². The molecule has 0 amide bonds. The molecule has 0 aliphatic rings. The summed E-state index contributed by atoms with van der Waals surface area (Å²) in [4.78, 5) is 4.20. The molecule has 0 aliphatic carbocycles. The number of rotatable bonds is 3. The van der Waals surface area contributed by atoms with Crippen molar-refractivity contribution in [3.05, 3.63) is 71.8 Å². The molecule has 2 aromatic rings. The SMILES string of the molecule is CN=C(c1ccccc1)C(O)c1ccccc1.[Mn]. The summed E-state index contributed by atoms with van der Waals surface area (Å²) in [6, 6.07) is 19.3. The molecule has 0 spiro atoms. The monoisotopic (exact) mass is 280 g/mol. The predicted octanol–water partition coefficient (Wildman–Crippen LogP) is 2.84. The zero-order chi connectivity index (χ0) is 12.1. The Balaban J connectivity index is 0.00000162. The van der Waals surface area contributed by atoms with E-state index in [0.717, 1.165) is 11.1 Å². The molecular formula is C15H15MnNO. The summed E-state index contributed by atoms with van der Waals surface area (Å²) >= 11 is 0. The third-order valence-electron chi connectivity index (χ3n) is 2.68. The third kappa shape index (κ3) is 3.30. The molecule has 0 heterocycles. The van der Waals surface area contributed by atoms with Gasteiger partial charge in [0.2, 0.25) is 0 Å². The molecule has 0 bridgehead atoms. The van der Waals surface area contributed by atoms with Crippen LogP contribution in [0.2, 0.25) is 0 Å². The summed E-state index contributed by atoms with van der Waals surface area (Å²) in [5.74, 6) is 0. The van der Waals surface area contributed by atoms with Gasteiger partial charge in [-0.05, 0) is 11.1 Å². The number of benzene rings is 2. The van der Waals surface area contributed by atoms with Crippen LogP contribution >= 0.6 is 0 Å². The predicted molar refractivity (Wildman–Crippen MR) is 70.3 cm³/mol. The standard InChI is InChI=1S/C15H15NO.Mn/c1-16-14(12-8-4-2-5-9-12)15(17)13-10-6-3-7-11-13;/h2-11,15,17H,1H3;. The molecule has 0 aromatic heterocycles. The van der Waals surface area contributed by atoms with Crippen molar-refractivity contribution >= 4 is 5.71 Å². The van der Waals surface area contributed by atoms with Crippen LogP contribution in [0.4, 0.5) is 0 Å². The summed E-state index contributed by atoms with van der Waals surface area (Å²) in [6.45, 7) is 0. The Morgan fingerprint density at radius 2 is 1.44 bits per heavy atom. The number of aliphatic imine (C=N–C) groups is 1. The molecule has 1 unspecified atom stereocenters. The summed E-state index contributed by atoms with van der Waals surface area (Å²) < 4.78 is 0. The van der Waals surface area contributed by atoms with E-state index >= 15 is 0 Å². The molecule has 0 fully saturated rings. The fourth-order valence-corrected chi connectivity index (χ4v) is 1.81. The number of nitrogens with zero attached hydrogens (tertiary/aromatic N) is 1. The molecule has 1 atom stereocenters. The van der Waals surface area contributed by atoms with Crippen molar-refractivity contribution in [2.45, 2.75) is 6.10 Å². The van der Waals surface area contributed by atoms with Gasteiger partial charge in [0.1, 0.15) is 6.10 Å². The van der Waals surface area contributed by atoms with Gasteiger partial charge in [-0.25, -0.2) is 0 Å². The molecule has 0 aliphatic heterocycles. The van der Waals surface area contributed by atoms with Gasteiger partial charge in [-0.1, -0.05) is 60.7 Å². The van der Waals surface area contributed by atoms with Crippen LogP contribution in [0.25, 0.3) is 0 Å². The molecule has 18 heavy (non-hydrogen) atoms. The number of hydrogen-bond donors (Lipinski definition) is 1. The van der Waals surface area contributed by atoms with Crippen LogP contribution in [-0.4, -0.2) is 17.9 Å². The molecule has 2 aromatic carbocycles. The topological polar surface area (TPSA) is 32.6 Å². The second-order valence-corrected chi connectivity index (χ2v) is 3.79. The van der Waals surface area contributed by atoms with Crippen molar-refractivity contribution in [2.24, 2.45) is 4.99 Å². The van der Waals surface area contributed by atoms with Gasteiger partial charge in [0.15, 0.2) is 0 Å². The van der Waals surface area contributed by atoms with Crippen LogP contribution in [0.3, 0.4) is 0 Å². The molecule has 3 heteroatoms. The van der Waals surface area contributed by atoms with Crippen molar-refractivity contribution < 1.29 is 22.2 Å². The summed E-state index contributed by atoms with van der Waals surface area (Å²) in [6.07, 6.45) is -0.677. The van der Waals surface area contributed by atoms with Crippen molar-refractivity contribution in [1.29, 1.82) is 0 Å². The van der Waals surface area contributed by atoms with Crippen molar-refractivity contribution in [3.8, 4) is 0 Å². The van der Waals surface area contributed by atoms with Gasteiger partial charge in [-0.15, -0.1) is 0 Å². The first-order chi connectivity index (χ1) is 8.33. The minimum atomic E-state index is -0.677. The molecule has 0 saturated carbocycles. The Morgan fingerprint density at radius 3 is 1.94 bits per heavy atom. The van der Waals surface area contributed by atoms with Gasteiger partial charge < -0.3 is 5.11 Å². The smallest absolute Gasteiger partial charge is 0.121 e. The molecule has 2 rings (SSSR count). The summed E-state index contributed by atoms with van der Waals surface area (Å²) in [5.41, 5.74) is 2.50. The second-order valence-electron chi connectivity index (χ2n) is 3.79. The third-order valence-corrected chi connectivity index (χ3v) is 2.68. The summed E-state index contributed by atoms with van der Waals surface area (Å²) in [7, 11) is 1.70. The van der Waals surface area contributed by atoms with E-state index in [1.54, 1.807) is 7.05 Å². The molecule has 0 saturated heterocycles. The van der Waals surface area contributed by atoms with Crippen LogP contribution in [-0.2, 0) is 17.1 Å². The van der Waals surface area contributed by atoms with Crippen molar-refractivity contribution in [1.82, 2.24) is 0 Å². The average molecular weight is 280 g/mol. The van der Waals surface area contributed by atoms with Gasteiger partial charge >= 0.3 is 0 Å². The first-order valence-corrected chi connectivity index (χ1v) is 5.58. The van der Waals surface area contributed by atoms with Crippen LogP contribution in [0.15, 0.2) is 65.7 Å².